The summed E-state index contributed by atoms with van der Waals surface area (Å²) >= 11 is 0. The van der Waals surface area contributed by atoms with Gasteiger partial charge in [-0.3, -0.25) is 26.8 Å². The molecule has 0 radical (unpaired) electrons. The largest absolute Gasteiger partial charge is 0.549 e. The number of rotatable bonds is 0. The van der Waals surface area contributed by atoms with Gasteiger partial charge in [0.15, 0.2) is 0 Å². The van der Waals surface area contributed by atoms with Crippen molar-refractivity contribution in [2.45, 2.75) is 0 Å². The van der Waals surface area contributed by atoms with E-state index in [1.165, 1.54) is 0 Å². The third-order valence-electron chi connectivity index (χ3n) is 0. The molecule has 0 rings (SSSR count). The summed E-state index contributed by atoms with van der Waals surface area (Å²) in [5.74, 6) is 0. The van der Waals surface area contributed by atoms with Crippen LogP contribution in [-0.4, -0.2) is 27.9 Å². The van der Waals surface area contributed by atoms with Crippen molar-refractivity contribution in [3.8, 4) is 0 Å². The summed E-state index contributed by atoms with van der Waals surface area (Å²) in [6, 6.07) is 0. The fraction of sp³-hybridized carbons (Fsp3) is 0. The molecule has 0 amide bonds. The zero-order valence-electron chi connectivity index (χ0n) is 3.95. The van der Waals surface area contributed by atoms with Crippen LogP contribution in [0.2, 0.25) is 0 Å². The molecule has 0 aliphatic heterocycles. The Hall–Kier alpha value is -0.549. The minimum absolute atomic E-state index is 1.42. The maximum Gasteiger partial charge on any atom is 0.549 e. The normalized spacial score (nSPS) is 2.67. The molecule has 0 aromatic carbocycles. The van der Waals surface area contributed by atoms with Gasteiger partial charge in [0.25, 0.3) is 0 Å². The smallest absolute Gasteiger partial charge is 0.274 e. The fourth-order valence-electron chi connectivity index (χ4n) is 0. The molecule has 0 aromatic rings. The van der Waals surface area contributed by atoms with E-state index in [4.69, 9.17) is 26.8 Å². The van der Waals surface area contributed by atoms with E-state index < -0.39 is 27.9 Å². The van der Waals surface area contributed by atoms with Gasteiger partial charge < -0.3 is 0 Å². The summed E-state index contributed by atoms with van der Waals surface area (Å²) in [5.41, 5.74) is 0. The molecule has 0 saturated carbocycles. The van der Waals surface area contributed by atoms with Gasteiger partial charge in [0.1, 0.15) is 0 Å². The predicted octanol–water partition coefficient (Wildman–Crippen LogP) is -1.86. The highest BCUT2D eigenvalue weighted by atomic mass is 28.2. The van der Waals surface area contributed by atoms with Crippen LogP contribution in [0.1, 0.15) is 0 Å². The lowest BCUT2D eigenvalue weighted by atomic mass is 15.9. The van der Waals surface area contributed by atoms with Gasteiger partial charge in [-0.05, 0) is 0 Å². The average Bonchev–Trinajstić information content (AvgIpc) is 1.70. The highest BCUT2D eigenvalue weighted by molar-refractivity contribution is 5.95. The third kappa shape index (κ3) is 733. The second-order valence-corrected chi connectivity index (χ2v) is 0.750. The molecule has 0 saturated heterocycles. The van der Waals surface area contributed by atoms with Gasteiger partial charge in [-0.1, -0.05) is 0 Å². The second-order valence-electron chi connectivity index (χ2n) is 0.250. The number of hydrogen-bond acceptors (Lipinski definition) is 6. The van der Waals surface area contributed by atoms with Crippen LogP contribution in [0.25, 0.3) is 0 Å². The molecule has 0 aliphatic carbocycles. The molecule has 0 unspecified atom stereocenters. The molecule has 0 aromatic heterocycles. The van der Waals surface area contributed by atoms with Gasteiger partial charge in [0, 0.05) is 0 Å². The van der Waals surface area contributed by atoms with Crippen LogP contribution < -0.4 is 0 Å². The first kappa shape index (κ1) is 15.8. The summed E-state index contributed by atoms with van der Waals surface area (Å²) < 4.78 is 50.4. The molecule has 0 heterocycles. The molecule has 0 bridgehead atoms. The Balaban J connectivity index is -0.0000000600. The van der Waals surface area contributed by atoms with Crippen LogP contribution in [0.15, 0.2) is 0 Å². The van der Waals surface area contributed by atoms with E-state index in [2.05, 4.69) is 0 Å². The Morgan fingerprint density at radius 3 is 0.444 bits per heavy atom. The van der Waals surface area contributed by atoms with Gasteiger partial charge in [-0.25, -0.2) is 0 Å². The van der Waals surface area contributed by atoms with Crippen LogP contribution in [0, 0.1) is 0 Å². The van der Waals surface area contributed by atoms with Crippen molar-refractivity contribution in [3.05, 3.63) is 0 Å². The maximum absolute atomic E-state index is 8.40. The monoisotopic (exact) mass is 180 g/mol. The highest BCUT2D eigenvalue weighted by Gasteiger charge is 1.22. The molecular formula is O6Si3. The van der Waals surface area contributed by atoms with Crippen LogP contribution in [0.4, 0.5) is 0 Å². The van der Waals surface area contributed by atoms with E-state index in [0.29, 0.717) is 0 Å². The van der Waals surface area contributed by atoms with Gasteiger partial charge in [-0.2, -0.15) is 0 Å². The number of hydrogen-bond donors (Lipinski definition) is 0. The minimum Gasteiger partial charge on any atom is -0.274 e. The Morgan fingerprint density at radius 1 is 0.444 bits per heavy atom. The van der Waals surface area contributed by atoms with E-state index in [1.807, 2.05) is 0 Å². The van der Waals surface area contributed by atoms with Crippen molar-refractivity contribution in [2.24, 2.45) is 0 Å². The van der Waals surface area contributed by atoms with Crippen LogP contribution >= 0.6 is 0 Å². The van der Waals surface area contributed by atoms with E-state index in [-0.39, 0.29) is 0 Å². The Morgan fingerprint density at radius 2 is 0.444 bits per heavy atom. The topological polar surface area (TPSA) is 102 Å². The molecule has 0 fully saturated rings. The third-order valence-corrected chi connectivity index (χ3v) is 0. The average molecular weight is 180 g/mol. The molecule has 48 valence electrons. The Kier molecular flexibility index (Phi) is 90.6. The van der Waals surface area contributed by atoms with Gasteiger partial charge in [0.05, 0.1) is 0 Å². The molecular weight excluding hydrogens is 180 g/mol. The molecule has 0 N–H and O–H groups in total. The zero-order chi connectivity index (χ0) is 8.12. The van der Waals surface area contributed by atoms with Crippen LogP contribution in [-0.2, 0) is 26.8 Å². The summed E-state index contributed by atoms with van der Waals surface area (Å²) in [4.78, 5) is 0. The first-order valence-corrected chi connectivity index (χ1v) is 3.67. The zero-order valence-corrected chi connectivity index (χ0v) is 6.95. The lowest BCUT2D eigenvalue weighted by molar-refractivity contribution is 0.496. The molecule has 0 aliphatic rings. The van der Waals surface area contributed by atoms with Crippen LogP contribution in [0.5, 0.6) is 0 Å². The molecule has 9 heavy (non-hydrogen) atoms. The molecule has 0 spiro atoms. The summed E-state index contributed by atoms with van der Waals surface area (Å²) in [5, 5.41) is 0. The maximum atomic E-state index is 8.40. The van der Waals surface area contributed by atoms with Crippen molar-refractivity contribution in [2.75, 3.05) is 0 Å². The Labute approximate surface area is 55.5 Å². The molecule has 9 heteroatoms. The molecule has 6 nitrogen and oxygen atoms in total. The lowest BCUT2D eigenvalue weighted by Gasteiger charge is -0.944. The second kappa shape index (κ2) is 51.6. The SMILES string of the molecule is O=[Si]=O.O=[Si]=O.O=[Si]=O. The quantitative estimate of drug-likeness (QED) is 0.405. The fourth-order valence-corrected chi connectivity index (χ4v) is 0. The van der Waals surface area contributed by atoms with Gasteiger partial charge in [0.2, 0.25) is 0 Å². The van der Waals surface area contributed by atoms with E-state index in [0.717, 1.165) is 0 Å². The van der Waals surface area contributed by atoms with Gasteiger partial charge >= 0.3 is 27.9 Å². The minimum atomic E-state index is -1.42. The van der Waals surface area contributed by atoms with Crippen molar-refractivity contribution in [1.82, 2.24) is 0 Å². The summed E-state index contributed by atoms with van der Waals surface area (Å²) in [7, 11) is -4.25. The highest BCUT2D eigenvalue weighted by Crippen LogP contribution is 0.765. The summed E-state index contributed by atoms with van der Waals surface area (Å²) in [6.45, 7) is 0. The van der Waals surface area contributed by atoms with Crippen LogP contribution in [0.3, 0.4) is 0 Å². The van der Waals surface area contributed by atoms with Crippen molar-refractivity contribution < 1.29 is 26.8 Å². The standard InChI is InChI=1S/3O2Si/c3*1-3-2. The lowest BCUT2D eigenvalue weighted by Crippen LogP contribution is -1.26. The van der Waals surface area contributed by atoms with Crippen molar-refractivity contribution in [3.63, 3.8) is 0 Å². The van der Waals surface area contributed by atoms with E-state index in [1.54, 1.807) is 0 Å². The summed E-state index contributed by atoms with van der Waals surface area (Å²) in [6.07, 6.45) is 0. The predicted molar refractivity (Wildman–Crippen MR) is 21.4 cm³/mol. The first-order chi connectivity index (χ1) is 4.24. The van der Waals surface area contributed by atoms with E-state index in [9.17, 15) is 0 Å². The van der Waals surface area contributed by atoms with Crippen molar-refractivity contribution >= 4 is 27.9 Å². The van der Waals surface area contributed by atoms with E-state index >= 15 is 0 Å². The molecule has 0 atom stereocenters. The van der Waals surface area contributed by atoms with Gasteiger partial charge in [-0.15, -0.1) is 0 Å². The Bertz CT molecular complexity index is 99.9. The van der Waals surface area contributed by atoms with Crippen molar-refractivity contribution in [1.29, 1.82) is 0 Å². The first-order valence-electron chi connectivity index (χ1n) is 1.22.